The molecule has 0 spiro atoms. The Morgan fingerprint density at radius 3 is 2.89 bits per heavy atom. The number of hydrogen-bond acceptors (Lipinski definition) is 4. The van der Waals surface area contributed by atoms with Gasteiger partial charge >= 0.3 is 5.97 Å². The van der Waals surface area contributed by atoms with E-state index >= 15 is 0 Å². The molecule has 1 fully saturated rings. The Kier molecular flexibility index (Phi) is 4.30. The lowest BCUT2D eigenvalue weighted by molar-refractivity contribution is 0.0526. The number of nitrogen functional groups attached to an aromatic ring is 1. The number of hydrogen-bond donors (Lipinski definition) is 2. The molecule has 4 heteroatoms. The SMILES string of the molecule is CCOC(=O)c1ccc(N)c(NC(C)CC2CC2)c1. The van der Waals surface area contributed by atoms with Gasteiger partial charge in [-0.05, 0) is 44.4 Å². The second kappa shape index (κ2) is 5.95. The summed E-state index contributed by atoms with van der Waals surface area (Å²) in [4.78, 5) is 11.7. The van der Waals surface area contributed by atoms with E-state index in [1.54, 1.807) is 25.1 Å². The number of rotatable bonds is 6. The van der Waals surface area contributed by atoms with E-state index in [0.717, 1.165) is 18.0 Å². The van der Waals surface area contributed by atoms with E-state index in [9.17, 15) is 4.79 Å². The quantitative estimate of drug-likeness (QED) is 0.611. The van der Waals surface area contributed by atoms with Crippen molar-refractivity contribution in [1.29, 1.82) is 0 Å². The average molecular weight is 262 g/mol. The van der Waals surface area contributed by atoms with Crippen molar-refractivity contribution in [3.8, 4) is 0 Å². The second-order valence-corrected chi connectivity index (χ2v) is 5.25. The molecule has 0 aromatic heterocycles. The van der Waals surface area contributed by atoms with Crippen LogP contribution in [-0.4, -0.2) is 18.6 Å². The number of carbonyl (C=O) groups excluding carboxylic acids is 1. The Morgan fingerprint density at radius 1 is 1.53 bits per heavy atom. The topological polar surface area (TPSA) is 64.3 Å². The molecule has 1 aliphatic rings. The molecule has 0 heterocycles. The van der Waals surface area contributed by atoms with Gasteiger partial charge < -0.3 is 15.8 Å². The van der Waals surface area contributed by atoms with E-state index in [1.165, 1.54) is 12.8 Å². The van der Waals surface area contributed by atoms with Crippen molar-refractivity contribution < 1.29 is 9.53 Å². The number of nitrogens with two attached hydrogens (primary N) is 1. The summed E-state index contributed by atoms with van der Waals surface area (Å²) in [7, 11) is 0. The van der Waals surface area contributed by atoms with Crippen LogP contribution in [0.25, 0.3) is 0 Å². The number of esters is 1. The summed E-state index contributed by atoms with van der Waals surface area (Å²) in [5.41, 5.74) is 7.96. The molecule has 0 amide bonds. The number of benzene rings is 1. The number of nitrogens with one attached hydrogen (secondary N) is 1. The molecule has 1 aromatic carbocycles. The van der Waals surface area contributed by atoms with E-state index < -0.39 is 0 Å². The van der Waals surface area contributed by atoms with Crippen LogP contribution in [-0.2, 0) is 4.74 Å². The summed E-state index contributed by atoms with van der Waals surface area (Å²) >= 11 is 0. The van der Waals surface area contributed by atoms with Gasteiger partial charge in [0.05, 0.1) is 23.5 Å². The zero-order valence-electron chi connectivity index (χ0n) is 11.6. The molecule has 0 aliphatic heterocycles. The standard InChI is InChI=1S/C15H22N2O2/c1-3-19-15(18)12-6-7-13(16)14(9-12)17-10(2)8-11-4-5-11/h6-7,9-11,17H,3-5,8,16H2,1-2H3. The predicted molar refractivity (Wildman–Crippen MR) is 77.2 cm³/mol. The van der Waals surface area contributed by atoms with Gasteiger partial charge in [0.1, 0.15) is 0 Å². The van der Waals surface area contributed by atoms with Crippen molar-refractivity contribution >= 4 is 17.3 Å². The van der Waals surface area contributed by atoms with Gasteiger partial charge in [-0.2, -0.15) is 0 Å². The Bertz CT molecular complexity index is 455. The van der Waals surface area contributed by atoms with E-state index in [1.807, 2.05) is 0 Å². The third-order valence-electron chi connectivity index (χ3n) is 3.35. The summed E-state index contributed by atoms with van der Waals surface area (Å²) in [6, 6.07) is 5.59. The first kappa shape index (κ1) is 13.7. The van der Waals surface area contributed by atoms with Crippen molar-refractivity contribution in [3.05, 3.63) is 23.8 Å². The van der Waals surface area contributed by atoms with Crippen molar-refractivity contribution in [1.82, 2.24) is 0 Å². The van der Waals surface area contributed by atoms with E-state index in [-0.39, 0.29) is 5.97 Å². The molecule has 1 atom stereocenters. The highest BCUT2D eigenvalue weighted by atomic mass is 16.5. The van der Waals surface area contributed by atoms with Gasteiger partial charge in [-0.3, -0.25) is 0 Å². The van der Waals surface area contributed by atoms with Crippen LogP contribution in [0.2, 0.25) is 0 Å². The lowest BCUT2D eigenvalue weighted by Gasteiger charge is -2.17. The molecular formula is C15H22N2O2. The summed E-state index contributed by atoms with van der Waals surface area (Å²) in [6.45, 7) is 4.32. The minimum atomic E-state index is -0.305. The largest absolute Gasteiger partial charge is 0.462 e. The third kappa shape index (κ3) is 3.88. The van der Waals surface area contributed by atoms with Gasteiger partial charge in [-0.25, -0.2) is 4.79 Å². The van der Waals surface area contributed by atoms with Crippen LogP contribution in [0.3, 0.4) is 0 Å². The van der Waals surface area contributed by atoms with Crippen molar-refractivity contribution in [2.45, 2.75) is 39.2 Å². The zero-order chi connectivity index (χ0) is 13.8. The first-order valence-corrected chi connectivity index (χ1v) is 6.93. The Balaban J connectivity index is 2.05. The van der Waals surface area contributed by atoms with Crippen LogP contribution < -0.4 is 11.1 Å². The number of anilines is 2. The first-order chi connectivity index (χ1) is 9.10. The highest BCUT2D eigenvalue weighted by Gasteiger charge is 2.23. The van der Waals surface area contributed by atoms with Gasteiger partial charge in [-0.1, -0.05) is 12.8 Å². The molecule has 1 saturated carbocycles. The maximum Gasteiger partial charge on any atom is 0.338 e. The van der Waals surface area contributed by atoms with Crippen molar-refractivity contribution in [2.24, 2.45) is 5.92 Å². The lowest BCUT2D eigenvalue weighted by atomic mass is 10.1. The molecule has 1 aromatic rings. The second-order valence-electron chi connectivity index (χ2n) is 5.25. The molecule has 0 saturated heterocycles. The fourth-order valence-electron chi connectivity index (χ4n) is 2.20. The monoisotopic (exact) mass is 262 g/mol. The molecule has 2 rings (SSSR count). The molecular weight excluding hydrogens is 240 g/mol. The third-order valence-corrected chi connectivity index (χ3v) is 3.35. The normalized spacial score (nSPS) is 15.9. The number of carbonyl (C=O) groups is 1. The molecule has 4 nitrogen and oxygen atoms in total. The first-order valence-electron chi connectivity index (χ1n) is 6.93. The van der Waals surface area contributed by atoms with Crippen LogP contribution in [0.5, 0.6) is 0 Å². The maximum absolute atomic E-state index is 11.7. The van der Waals surface area contributed by atoms with Crippen LogP contribution in [0.15, 0.2) is 18.2 Å². The molecule has 1 aliphatic carbocycles. The molecule has 0 radical (unpaired) electrons. The predicted octanol–water partition coefficient (Wildman–Crippen LogP) is 3.05. The molecule has 104 valence electrons. The summed E-state index contributed by atoms with van der Waals surface area (Å²) in [5, 5.41) is 3.39. The Morgan fingerprint density at radius 2 is 2.26 bits per heavy atom. The van der Waals surface area contributed by atoms with E-state index in [4.69, 9.17) is 10.5 Å². The highest BCUT2D eigenvalue weighted by molar-refractivity contribution is 5.92. The molecule has 3 N–H and O–H groups in total. The molecule has 19 heavy (non-hydrogen) atoms. The number of ether oxygens (including phenoxy) is 1. The summed E-state index contributed by atoms with van der Waals surface area (Å²) < 4.78 is 4.99. The van der Waals surface area contributed by atoms with Gasteiger partial charge in [-0.15, -0.1) is 0 Å². The van der Waals surface area contributed by atoms with Crippen molar-refractivity contribution in [2.75, 3.05) is 17.7 Å². The van der Waals surface area contributed by atoms with E-state index in [2.05, 4.69) is 12.2 Å². The Hall–Kier alpha value is -1.71. The lowest BCUT2D eigenvalue weighted by Crippen LogP contribution is -2.17. The van der Waals surface area contributed by atoms with Gasteiger partial charge in [0.2, 0.25) is 0 Å². The van der Waals surface area contributed by atoms with Crippen LogP contribution in [0.1, 0.15) is 43.5 Å². The minimum Gasteiger partial charge on any atom is -0.462 e. The minimum absolute atomic E-state index is 0.305. The zero-order valence-corrected chi connectivity index (χ0v) is 11.6. The fraction of sp³-hybridized carbons (Fsp3) is 0.533. The summed E-state index contributed by atoms with van der Waals surface area (Å²) in [5.74, 6) is 0.553. The maximum atomic E-state index is 11.7. The fourth-order valence-corrected chi connectivity index (χ4v) is 2.20. The average Bonchev–Trinajstić information content (AvgIpc) is 3.16. The molecule has 1 unspecified atom stereocenters. The highest BCUT2D eigenvalue weighted by Crippen LogP contribution is 2.34. The van der Waals surface area contributed by atoms with Gasteiger partial charge in [0, 0.05) is 6.04 Å². The molecule has 0 bridgehead atoms. The van der Waals surface area contributed by atoms with E-state index in [0.29, 0.717) is 23.9 Å². The Labute approximate surface area is 114 Å². The van der Waals surface area contributed by atoms with Crippen LogP contribution >= 0.6 is 0 Å². The van der Waals surface area contributed by atoms with Crippen LogP contribution in [0.4, 0.5) is 11.4 Å². The summed E-state index contributed by atoms with van der Waals surface area (Å²) in [6.07, 6.45) is 3.83. The van der Waals surface area contributed by atoms with Crippen molar-refractivity contribution in [3.63, 3.8) is 0 Å². The van der Waals surface area contributed by atoms with Crippen LogP contribution in [0, 0.1) is 5.92 Å². The van der Waals surface area contributed by atoms with Gasteiger partial charge in [0.15, 0.2) is 0 Å². The smallest absolute Gasteiger partial charge is 0.338 e. The van der Waals surface area contributed by atoms with Gasteiger partial charge in [0.25, 0.3) is 0 Å².